The predicted molar refractivity (Wildman–Crippen MR) is 113 cm³/mol. The van der Waals surface area contributed by atoms with Crippen molar-refractivity contribution in [3.05, 3.63) is 47.5 Å². The van der Waals surface area contributed by atoms with Crippen LogP contribution in [0.3, 0.4) is 0 Å². The van der Waals surface area contributed by atoms with E-state index < -0.39 is 0 Å². The average Bonchev–Trinajstić information content (AvgIpc) is 3.49. The van der Waals surface area contributed by atoms with Gasteiger partial charge < -0.3 is 15.1 Å². The third kappa shape index (κ3) is 4.58. The van der Waals surface area contributed by atoms with Gasteiger partial charge in [-0.3, -0.25) is 14.6 Å². The summed E-state index contributed by atoms with van der Waals surface area (Å²) < 4.78 is 0. The Bertz CT molecular complexity index is 913. The van der Waals surface area contributed by atoms with E-state index >= 15 is 0 Å². The van der Waals surface area contributed by atoms with Gasteiger partial charge in [0.2, 0.25) is 11.9 Å². The zero-order valence-corrected chi connectivity index (χ0v) is 17.5. The second-order valence-corrected chi connectivity index (χ2v) is 8.23. The summed E-state index contributed by atoms with van der Waals surface area (Å²) in [6.07, 6.45) is 6.84. The molecule has 0 radical (unpaired) electrons. The number of carbonyl (C=O) groups excluding carboxylic acids is 2. The molecule has 1 atom stereocenters. The molecule has 0 bridgehead atoms. The van der Waals surface area contributed by atoms with Crippen LogP contribution in [0, 0.1) is 5.92 Å². The van der Waals surface area contributed by atoms with Crippen LogP contribution in [0.5, 0.6) is 0 Å². The first-order chi connectivity index (χ1) is 14.5. The fourth-order valence-electron chi connectivity index (χ4n) is 3.80. The molecule has 1 N–H and O–H groups in total. The van der Waals surface area contributed by atoms with Gasteiger partial charge in [0.05, 0.1) is 11.3 Å². The minimum atomic E-state index is -0.182. The molecule has 0 aromatic carbocycles. The van der Waals surface area contributed by atoms with E-state index in [0.717, 1.165) is 37.2 Å². The van der Waals surface area contributed by atoms with Crippen LogP contribution < -0.4 is 10.2 Å². The molecule has 1 aliphatic heterocycles. The molecule has 1 unspecified atom stereocenters. The van der Waals surface area contributed by atoms with Crippen LogP contribution >= 0.6 is 0 Å². The average molecular weight is 409 g/mol. The molecule has 1 saturated heterocycles. The Morgan fingerprint density at radius 3 is 2.73 bits per heavy atom. The summed E-state index contributed by atoms with van der Waals surface area (Å²) in [5.41, 5.74) is 2.16. The standard InChI is InChI=1S/C22H28N6O2/c1-27(2)22-25-13-18(20(29)24-11-8-17-5-3-4-10-23-17)19(26-22)16-9-12-28(14-16)21(30)15-6-7-15/h3-5,10,13,15-16H,6-9,11-12,14H2,1-2H3,(H,24,29). The molecule has 2 aliphatic rings. The molecule has 8 heteroatoms. The predicted octanol–water partition coefficient (Wildman–Crippen LogP) is 1.64. The Balaban J connectivity index is 1.48. The maximum Gasteiger partial charge on any atom is 0.254 e. The molecule has 2 amide bonds. The number of anilines is 1. The zero-order valence-electron chi connectivity index (χ0n) is 17.5. The maximum absolute atomic E-state index is 12.9. The number of carbonyl (C=O) groups is 2. The van der Waals surface area contributed by atoms with Crippen molar-refractivity contribution in [2.45, 2.75) is 31.6 Å². The van der Waals surface area contributed by atoms with Gasteiger partial charge in [0.25, 0.3) is 5.91 Å². The van der Waals surface area contributed by atoms with Crippen molar-refractivity contribution >= 4 is 17.8 Å². The van der Waals surface area contributed by atoms with Crippen LogP contribution in [-0.2, 0) is 11.2 Å². The molecule has 3 heterocycles. The van der Waals surface area contributed by atoms with Gasteiger partial charge in [0.15, 0.2) is 0 Å². The van der Waals surface area contributed by atoms with E-state index in [1.165, 1.54) is 0 Å². The largest absolute Gasteiger partial charge is 0.352 e. The first kappa shape index (κ1) is 20.3. The normalized spacial score (nSPS) is 18.3. The fourth-order valence-corrected chi connectivity index (χ4v) is 3.80. The maximum atomic E-state index is 12.9. The van der Waals surface area contributed by atoms with Gasteiger partial charge >= 0.3 is 0 Å². The minimum Gasteiger partial charge on any atom is -0.352 e. The van der Waals surface area contributed by atoms with E-state index in [2.05, 4.69) is 15.3 Å². The lowest BCUT2D eigenvalue weighted by Gasteiger charge is -2.19. The highest BCUT2D eigenvalue weighted by Crippen LogP contribution is 2.35. The SMILES string of the molecule is CN(C)c1ncc(C(=O)NCCc2ccccn2)c(C2CCN(C(=O)C3CC3)C2)n1. The molecular formula is C22H28N6O2. The van der Waals surface area contributed by atoms with Crippen LogP contribution in [0.2, 0.25) is 0 Å². The van der Waals surface area contributed by atoms with Crippen molar-refractivity contribution in [3.8, 4) is 0 Å². The number of pyridine rings is 1. The van der Waals surface area contributed by atoms with E-state index in [9.17, 15) is 9.59 Å². The van der Waals surface area contributed by atoms with E-state index in [1.54, 1.807) is 12.4 Å². The number of rotatable bonds is 7. The molecule has 2 aromatic rings. The molecule has 2 fully saturated rings. The van der Waals surface area contributed by atoms with Gasteiger partial charge in [-0.05, 0) is 31.4 Å². The van der Waals surface area contributed by atoms with Crippen LogP contribution in [0.1, 0.15) is 46.9 Å². The highest BCUT2D eigenvalue weighted by atomic mass is 16.2. The third-order valence-corrected chi connectivity index (χ3v) is 5.66. The number of likely N-dealkylation sites (tertiary alicyclic amines) is 1. The van der Waals surface area contributed by atoms with E-state index in [4.69, 9.17) is 4.98 Å². The van der Waals surface area contributed by atoms with Crippen LogP contribution in [0.15, 0.2) is 30.6 Å². The monoisotopic (exact) mass is 408 g/mol. The molecular weight excluding hydrogens is 380 g/mol. The first-order valence-electron chi connectivity index (χ1n) is 10.5. The lowest BCUT2D eigenvalue weighted by Crippen LogP contribution is -2.31. The van der Waals surface area contributed by atoms with Gasteiger partial charge in [-0.25, -0.2) is 9.97 Å². The lowest BCUT2D eigenvalue weighted by molar-refractivity contribution is -0.131. The third-order valence-electron chi connectivity index (χ3n) is 5.66. The minimum absolute atomic E-state index is 0.0472. The molecule has 30 heavy (non-hydrogen) atoms. The zero-order chi connectivity index (χ0) is 21.1. The highest BCUT2D eigenvalue weighted by Gasteiger charge is 2.38. The van der Waals surface area contributed by atoms with Crippen molar-refractivity contribution in [3.63, 3.8) is 0 Å². The Labute approximate surface area is 176 Å². The van der Waals surface area contributed by atoms with Gasteiger partial charge in [0.1, 0.15) is 0 Å². The Kier molecular flexibility index (Phi) is 5.92. The Hall–Kier alpha value is -3.03. The molecule has 158 valence electrons. The number of nitrogens with zero attached hydrogens (tertiary/aromatic N) is 5. The van der Waals surface area contributed by atoms with E-state index in [1.807, 2.05) is 42.1 Å². The topological polar surface area (TPSA) is 91.3 Å². The molecule has 1 saturated carbocycles. The number of hydrogen-bond donors (Lipinski definition) is 1. The van der Waals surface area contributed by atoms with E-state index in [0.29, 0.717) is 31.0 Å². The van der Waals surface area contributed by atoms with E-state index in [-0.39, 0.29) is 23.7 Å². The number of hydrogen-bond acceptors (Lipinski definition) is 6. The molecule has 1 aliphatic carbocycles. The number of amides is 2. The summed E-state index contributed by atoms with van der Waals surface area (Å²) in [5.74, 6) is 0.896. The summed E-state index contributed by atoms with van der Waals surface area (Å²) in [4.78, 5) is 42.5. The number of aromatic nitrogens is 3. The van der Waals surface area contributed by atoms with Gasteiger partial charge in [-0.2, -0.15) is 0 Å². The second-order valence-electron chi connectivity index (χ2n) is 8.23. The van der Waals surface area contributed by atoms with Crippen LogP contribution in [0.4, 0.5) is 5.95 Å². The van der Waals surface area contributed by atoms with Crippen LogP contribution in [0.25, 0.3) is 0 Å². The quantitative estimate of drug-likeness (QED) is 0.749. The summed E-state index contributed by atoms with van der Waals surface area (Å²) in [5, 5.41) is 2.97. The summed E-state index contributed by atoms with van der Waals surface area (Å²) >= 11 is 0. The van der Waals surface area contributed by atoms with Crippen LogP contribution in [-0.4, -0.2) is 65.4 Å². The highest BCUT2D eigenvalue weighted by molar-refractivity contribution is 5.95. The second kappa shape index (κ2) is 8.77. The fraction of sp³-hybridized carbons (Fsp3) is 0.500. The summed E-state index contributed by atoms with van der Waals surface area (Å²) in [6, 6.07) is 5.75. The van der Waals surface area contributed by atoms with Gasteiger partial charge in [-0.15, -0.1) is 0 Å². The molecule has 8 nitrogen and oxygen atoms in total. The van der Waals surface area contributed by atoms with Crippen molar-refractivity contribution < 1.29 is 9.59 Å². The summed E-state index contributed by atoms with van der Waals surface area (Å²) in [7, 11) is 3.76. The molecule has 2 aromatic heterocycles. The van der Waals surface area contributed by atoms with Gasteiger partial charge in [0, 0.05) is 70.1 Å². The van der Waals surface area contributed by atoms with Gasteiger partial charge in [-0.1, -0.05) is 6.07 Å². The van der Waals surface area contributed by atoms with Crippen molar-refractivity contribution in [2.24, 2.45) is 5.92 Å². The molecule has 0 spiro atoms. The summed E-state index contributed by atoms with van der Waals surface area (Å²) in [6.45, 7) is 1.83. The first-order valence-corrected chi connectivity index (χ1v) is 10.5. The van der Waals surface area contributed by atoms with Crippen molar-refractivity contribution in [1.29, 1.82) is 0 Å². The van der Waals surface area contributed by atoms with Crippen molar-refractivity contribution in [2.75, 3.05) is 38.6 Å². The lowest BCUT2D eigenvalue weighted by atomic mass is 9.99. The molecule has 4 rings (SSSR count). The Morgan fingerprint density at radius 2 is 2.03 bits per heavy atom. The number of nitrogens with one attached hydrogen (secondary N) is 1. The smallest absolute Gasteiger partial charge is 0.254 e. The Morgan fingerprint density at radius 1 is 1.20 bits per heavy atom. The van der Waals surface area contributed by atoms with Crippen molar-refractivity contribution in [1.82, 2.24) is 25.2 Å².